The van der Waals surface area contributed by atoms with Crippen LogP contribution in [-0.4, -0.2) is 17.4 Å². The quantitative estimate of drug-likeness (QED) is 0.823. The fourth-order valence-corrected chi connectivity index (χ4v) is 2.12. The normalized spacial score (nSPS) is 22.8. The van der Waals surface area contributed by atoms with Gasteiger partial charge in [-0.15, -0.1) is 0 Å². The van der Waals surface area contributed by atoms with E-state index in [4.69, 9.17) is 11.6 Å². The minimum atomic E-state index is -0.141. The monoisotopic (exact) mass is 241 g/mol. The van der Waals surface area contributed by atoms with Crippen LogP contribution >= 0.6 is 11.6 Å². The fourth-order valence-electron chi connectivity index (χ4n) is 1.88. The van der Waals surface area contributed by atoms with E-state index in [0.717, 1.165) is 6.42 Å². The van der Waals surface area contributed by atoms with Crippen LogP contribution in [0, 0.1) is 5.92 Å². The van der Waals surface area contributed by atoms with Crippen molar-refractivity contribution in [2.24, 2.45) is 5.92 Å². The topological polar surface area (TPSA) is 29.1 Å². The van der Waals surface area contributed by atoms with Gasteiger partial charge in [-0.05, 0) is 40.2 Å². The number of Topliss-reactive ketones (excluding diaryl/α,β-unsaturated/α-hetero) is 1. The van der Waals surface area contributed by atoms with Gasteiger partial charge in [0.05, 0.1) is 6.04 Å². The SMILES string of the molecule is CC(NC(C)(C)C)C(=O)C1C=C(Cl)C=CC1. The van der Waals surface area contributed by atoms with Crippen molar-refractivity contribution in [1.82, 2.24) is 5.32 Å². The van der Waals surface area contributed by atoms with Crippen molar-refractivity contribution >= 4 is 17.4 Å². The number of hydrogen-bond donors (Lipinski definition) is 1. The van der Waals surface area contributed by atoms with E-state index in [0.29, 0.717) is 5.03 Å². The van der Waals surface area contributed by atoms with E-state index in [-0.39, 0.29) is 23.3 Å². The maximum atomic E-state index is 12.1. The van der Waals surface area contributed by atoms with E-state index in [1.807, 2.05) is 25.2 Å². The molecule has 0 heterocycles. The Hall–Kier alpha value is -0.600. The van der Waals surface area contributed by atoms with Gasteiger partial charge in [-0.25, -0.2) is 0 Å². The van der Waals surface area contributed by atoms with Crippen LogP contribution in [0.5, 0.6) is 0 Å². The van der Waals surface area contributed by atoms with Gasteiger partial charge < -0.3 is 5.32 Å². The number of carbonyl (C=O) groups excluding carboxylic acids is 1. The number of hydrogen-bond acceptors (Lipinski definition) is 2. The second-order valence-electron chi connectivity index (χ2n) is 5.31. The Labute approximate surface area is 103 Å². The molecular weight excluding hydrogens is 222 g/mol. The average molecular weight is 242 g/mol. The second-order valence-corrected chi connectivity index (χ2v) is 5.75. The average Bonchev–Trinajstić information content (AvgIpc) is 2.14. The lowest BCUT2D eigenvalue weighted by Gasteiger charge is -2.27. The first kappa shape index (κ1) is 13.5. The van der Waals surface area contributed by atoms with Gasteiger partial charge in [0.2, 0.25) is 0 Å². The van der Waals surface area contributed by atoms with E-state index in [9.17, 15) is 4.79 Å². The van der Waals surface area contributed by atoms with Crippen molar-refractivity contribution in [2.75, 3.05) is 0 Å². The molecule has 2 atom stereocenters. The number of ketones is 1. The van der Waals surface area contributed by atoms with Crippen LogP contribution in [0.4, 0.5) is 0 Å². The minimum absolute atomic E-state index is 0.0485. The van der Waals surface area contributed by atoms with Crippen molar-refractivity contribution in [3.8, 4) is 0 Å². The van der Waals surface area contributed by atoms with Gasteiger partial charge in [-0.3, -0.25) is 4.79 Å². The summed E-state index contributed by atoms with van der Waals surface area (Å²) < 4.78 is 0. The predicted octanol–water partition coefficient (Wildman–Crippen LogP) is 3.03. The summed E-state index contributed by atoms with van der Waals surface area (Å²) in [6.45, 7) is 8.08. The highest BCUT2D eigenvalue weighted by Crippen LogP contribution is 2.21. The number of halogens is 1. The van der Waals surface area contributed by atoms with Gasteiger partial charge in [-0.1, -0.05) is 23.8 Å². The standard InChI is InChI=1S/C13H20ClNO/c1-9(15-13(2,3)4)12(16)10-6-5-7-11(14)8-10/h5,7-10,15H,6H2,1-4H3. The van der Waals surface area contributed by atoms with E-state index in [2.05, 4.69) is 26.1 Å². The molecular formula is C13H20ClNO. The highest BCUT2D eigenvalue weighted by Gasteiger charge is 2.25. The van der Waals surface area contributed by atoms with Crippen LogP contribution in [0.25, 0.3) is 0 Å². The predicted molar refractivity (Wildman–Crippen MR) is 68.5 cm³/mol. The third-order valence-electron chi connectivity index (χ3n) is 2.47. The molecule has 0 bridgehead atoms. The Bertz CT molecular complexity index is 325. The third kappa shape index (κ3) is 4.11. The van der Waals surface area contributed by atoms with E-state index >= 15 is 0 Å². The molecule has 0 aliphatic heterocycles. The number of nitrogens with one attached hydrogen (secondary N) is 1. The minimum Gasteiger partial charge on any atom is -0.303 e. The summed E-state index contributed by atoms with van der Waals surface area (Å²) in [6.07, 6.45) is 6.39. The second kappa shape index (κ2) is 5.15. The summed E-state index contributed by atoms with van der Waals surface area (Å²) in [5, 5.41) is 3.94. The molecule has 1 aliphatic rings. The number of rotatable bonds is 3. The molecule has 0 amide bonds. The molecule has 0 aromatic carbocycles. The Morgan fingerprint density at radius 2 is 2.19 bits per heavy atom. The molecule has 0 saturated heterocycles. The van der Waals surface area contributed by atoms with Gasteiger partial charge >= 0.3 is 0 Å². The summed E-state index contributed by atoms with van der Waals surface area (Å²) in [6, 6.07) is -0.141. The molecule has 2 nitrogen and oxygen atoms in total. The van der Waals surface area contributed by atoms with Crippen LogP contribution in [0.1, 0.15) is 34.1 Å². The van der Waals surface area contributed by atoms with Crippen molar-refractivity contribution in [1.29, 1.82) is 0 Å². The van der Waals surface area contributed by atoms with Crippen molar-refractivity contribution < 1.29 is 4.79 Å². The summed E-state index contributed by atoms with van der Waals surface area (Å²) in [5.41, 5.74) is -0.0485. The molecule has 0 radical (unpaired) electrons. The first-order chi connectivity index (χ1) is 7.29. The zero-order valence-corrected chi connectivity index (χ0v) is 11.1. The molecule has 0 aromatic heterocycles. The van der Waals surface area contributed by atoms with Crippen LogP contribution in [0.15, 0.2) is 23.3 Å². The largest absolute Gasteiger partial charge is 0.303 e. The van der Waals surface area contributed by atoms with E-state index in [1.54, 1.807) is 0 Å². The fraction of sp³-hybridized carbons (Fsp3) is 0.615. The van der Waals surface area contributed by atoms with Crippen molar-refractivity contribution in [3.05, 3.63) is 23.3 Å². The molecule has 1 rings (SSSR count). The molecule has 0 fully saturated rings. The van der Waals surface area contributed by atoms with Crippen LogP contribution < -0.4 is 5.32 Å². The summed E-state index contributed by atoms with van der Waals surface area (Å²) >= 11 is 5.89. The molecule has 16 heavy (non-hydrogen) atoms. The maximum absolute atomic E-state index is 12.1. The Balaban J connectivity index is 2.61. The summed E-state index contributed by atoms with van der Waals surface area (Å²) in [7, 11) is 0. The van der Waals surface area contributed by atoms with Crippen LogP contribution in [0.2, 0.25) is 0 Å². The van der Waals surface area contributed by atoms with E-state index in [1.165, 1.54) is 0 Å². The third-order valence-corrected chi connectivity index (χ3v) is 2.72. The van der Waals surface area contributed by atoms with Gasteiger partial charge in [0, 0.05) is 16.5 Å². The lowest BCUT2D eigenvalue weighted by Crippen LogP contribution is -2.47. The highest BCUT2D eigenvalue weighted by atomic mass is 35.5. The number of carbonyl (C=O) groups is 1. The first-order valence-electron chi connectivity index (χ1n) is 5.65. The molecule has 0 saturated carbocycles. The van der Waals surface area contributed by atoms with Gasteiger partial charge in [0.1, 0.15) is 0 Å². The Morgan fingerprint density at radius 1 is 1.56 bits per heavy atom. The lowest BCUT2D eigenvalue weighted by atomic mass is 9.91. The molecule has 1 N–H and O–H groups in total. The smallest absolute Gasteiger partial charge is 0.156 e. The molecule has 0 spiro atoms. The zero-order chi connectivity index (χ0) is 12.3. The summed E-state index contributed by atoms with van der Waals surface area (Å²) in [5.74, 6) is 0.125. The van der Waals surface area contributed by atoms with Crippen LogP contribution in [-0.2, 0) is 4.79 Å². The Kier molecular flexibility index (Phi) is 4.34. The molecule has 1 aliphatic carbocycles. The molecule has 0 aromatic rings. The first-order valence-corrected chi connectivity index (χ1v) is 6.02. The maximum Gasteiger partial charge on any atom is 0.156 e. The van der Waals surface area contributed by atoms with Gasteiger partial charge in [0.25, 0.3) is 0 Å². The van der Waals surface area contributed by atoms with Crippen molar-refractivity contribution in [3.63, 3.8) is 0 Å². The summed E-state index contributed by atoms with van der Waals surface area (Å²) in [4.78, 5) is 12.1. The number of allylic oxidation sites excluding steroid dienone is 4. The lowest BCUT2D eigenvalue weighted by molar-refractivity contribution is -0.123. The molecule has 3 heteroatoms. The zero-order valence-electron chi connectivity index (χ0n) is 10.4. The van der Waals surface area contributed by atoms with Gasteiger partial charge in [-0.2, -0.15) is 0 Å². The molecule has 90 valence electrons. The van der Waals surface area contributed by atoms with E-state index < -0.39 is 0 Å². The van der Waals surface area contributed by atoms with Gasteiger partial charge in [0.15, 0.2) is 5.78 Å². The van der Waals surface area contributed by atoms with Crippen molar-refractivity contribution in [2.45, 2.75) is 45.7 Å². The highest BCUT2D eigenvalue weighted by molar-refractivity contribution is 6.31. The van der Waals surface area contributed by atoms with Crippen LogP contribution in [0.3, 0.4) is 0 Å². The Morgan fingerprint density at radius 3 is 2.69 bits per heavy atom. The molecule has 2 unspecified atom stereocenters.